The molecule has 6 heteroatoms. The van der Waals surface area contributed by atoms with Crippen LogP contribution < -0.4 is 0 Å². The number of fused-ring (bicyclic) bond motifs is 2. The topological polar surface area (TPSA) is 76.6 Å². The SMILES string of the molecule is CC(C)C(=O)N1C[C@@H]2CN(C(=O)CCCc3c[nH]c4ccccc34)C[C@]2(CO)C1. The van der Waals surface area contributed by atoms with Gasteiger partial charge in [0.05, 0.1) is 6.61 Å². The average Bonchev–Trinajstić information content (AvgIpc) is 3.38. The number of nitrogens with one attached hydrogen (secondary N) is 1. The molecule has 2 aliphatic heterocycles. The first-order valence-corrected chi connectivity index (χ1v) is 10.7. The zero-order valence-electron chi connectivity index (χ0n) is 17.4. The van der Waals surface area contributed by atoms with Gasteiger partial charge in [0.15, 0.2) is 0 Å². The number of nitrogens with zero attached hydrogens (tertiary/aromatic N) is 2. The molecule has 0 aliphatic carbocycles. The van der Waals surface area contributed by atoms with E-state index in [9.17, 15) is 14.7 Å². The summed E-state index contributed by atoms with van der Waals surface area (Å²) in [6.07, 6.45) is 4.24. The summed E-state index contributed by atoms with van der Waals surface area (Å²) in [5, 5.41) is 11.3. The van der Waals surface area contributed by atoms with Crippen molar-refractivity contribution in [2.75, 3.05) is 32.8 Å². The number of aryl methyl sites for hydroxylation is 1. The molecule has 2 amide bonds. The summed E-state index contributed by atoms with van der Waals surface area (Å²) >= 11 is 0. The molecule has 3 heterocycles. The third-order valence-corrected chi connectivity index (χ3v) is 6.74. The van der Waals surface area contributed by atoms with Crippen LogP contribution in [0, 0.1) is 17.3 Å². The van der Waals surface area contributed by atoms with Gasteiger partial charge >= 0.3 is 0 Å². The zero-order valence-corrected chi connectivity index (χ0v) is 17.4. The lowest BCUT2D eigenvalue weighted by atomic mass is 9.82. The molecule has 0 bridgehead atoms. The largest absolute Gasteiger partial charge is 0.396 e. The predicted molar refractivity (Wildman–Crippen MR) is 112 cm³/mol. The van der Waals surface area contributed by atoms with E-state index in [1.165, 1.54) is 10.9 Å². The number of hydrogen-bond acceptors (Lipinski definition) is 3. The predicted octanol–water partition coefficient (Wildman–Crippen LogP) is 2.43. The number of H-pyrrole nitrogens is 1. The van der Waals surface area contributed by atoms with E-state index in [0.29, 0.717) is 32.6 Å². The molecule has 0 radical (unpaired) electrons. The summed E-state index contributed by atoms with van der Waals surface area (Å²) in [6.45, 7) is 6.26. The quantitative estimate of drug-likeness (QED) is 0.786. The fourth-order valence-electron chi connectivity index (χ4n) is 5.05. The Morgan fingerprint density at radius 3 is 2.66 bits per heavy atom. The molecule has 1 aromatic heterocycles. The van der Waals surface area contributed by atoms with Gasteiger partial charge in [-0.1, -0.05) is 32.0 Å². The van der Waals surface area contributed by atoms with Crippen molar-refractivity contribution in [3.63, 3.8) is 0 Å². The van der Waals surface area contributed by atoms with E-state index in [1.54, 1.807) is 0 Å². The van der Waals surface area contributed by atoms with Crippen LogP contribution >= 0.6 is 0 Å². The molecule has 29 heavy (non-hydrogen) atoms. The number of likely N-dealkylation sites (tertiary alicyclic amines) is 2. The lowest BCUT2D eigenvalue weighted by Gasteiger charge is -2.28. The second-order valence-corrected chi connectivity index (χ2v) is 9.08. The zero-order chi connectivity index (χ0) is 20.6. The molecule has 4 rings (SSSR count). The molecular formula is C23H31N3O3. The Morgan fingerprint density at radius 1 is 1.21 bits per heavy atom. The van der Waals surface area contributed by atoms with Crippen molar-refractivity contribution in [3.05, 3.63) is 36.0 Å². The Labute approximate surface area is 171 Å². The first kappa shape index (κ1) is 20.0. The van der Waals surface area contributed by atoms with Crippen LogP contribution in [0.15, 0.2) is 30.5 Å². The number of rotatable bonds is 6. The van der Waals surface area contributed by atoms with Gasteiger partial charge in [-0.05, 0) is 24.5 Å². The number of aromatic nitrogens is 1. The molecule has 2 aromatic rings. The van der Waals surface area contributed by atoms with Crippen molar-refractivity contribution in [3.8, 4) is 0 Å². The number of aliphatic hydroxyl groups excluding tert-OH is 1. The Kier molecular flexibility index (Phi) is 5.38. The highest BCUT2D eigenvalue weighted by atomic mass is 16.3. The van der Waals surface area contributed by atoms with Crippen molar-refractivity contribution in [1.29, 1.82) is 0 Å². The maximum absolute atomic E-state index is 12.8. The van der Waals surface area contributed by atoms with Crippen molar-refractivity contribution in [2.45, 2.75) is 33.1 Å². The number of hydrogen-bond donors (Lipinski definition) is 2. The molecule has 2 atom stereocenters. The van der Waals surface area contributed by atoms with Crippen molar-refractivity contribution >= 4 is 22.7 Å². The minimum atomic E-state index is -0.350. The molecule has 0 saturated carbocycles. The number of para-hydroxylation sites is 1. The van der Waals surface area contributed by atoms with E-state index < -0.39 is 0 Å². The minimum Gasteiger partial charge on any atom is -0.396 e. The first-order valence-electron chi connectivity index (χ1n) is 10.7. The van der Waals surface area contributed by atoms with Gasteiger partial charge < -0.3 is 19.9 Å². The molecule has 2 aliphatic rings. The van der Waals surface area contributed by atoms with Gasteiger partial charge in [-0.15, -0.1) is 0 Å². The molecule has 156 valence electrons. The van der Waals surface area contributed by atoms with Crippen LogP contribution in [0.4, 0.5) is 0 Å². The van der Waals surface area contributed by atoms with Crippen LogP contribution in [0.1, 0.15) is 32.3 Å². The molecule has 0 spiro atoms. The number of aliphatic hydroxyl groups is 1. The standard InChI is InChI=1S/C23H31N3O3/c1-16(2)22(29)26-12-18-11-25(13-23(18,14-26)15-27)21(28)9-5-6-17-10-24-20-8-4-3-7-19(17)20/h3-4,7-8,10,16,18,24,27H,5-6,9,11-15H2,1-2H3/t18-,23+/m0/s1. The third kappa shape index (κ3) is 3.66. The minimum absolute atomic E-state index is 0.0264. The van der Waals surface area contributed by atoms with Crippen LogP contribution in [-0.2, 0) is 16.0 Å². The summed E-state index contributed by atoms with van der Waals surface area (Å²) in [6, 6.07) is 8.23. The van der Waals surface area contributed by atoms with E-state index in [4.69, 9.17) is 0 Å². The van der Waals surface area contributed by atoms with Gasteiger partial charge in [-0.2, -0.15) is 0 Å². The first-order chi connectivity index (χ1) is 13.9. The summed E-state index contributed by atoms with van der Waals surface area (Å²) in [5.74, 6) is 0.442. The number of carbonyl (C=O) groups is 2. The Hall–Kier alpha value is -2.34. The summed E-state index contributed by atoms with van der Waals surface area (Å²) in [5.41, 5.74) is 2.03. The van der Waals surface area contributed by atoms with Gasteiger partial charge in [0.25, 0.3) is 0 Å². The molecule has 0 unspecified atom stereocenters. The summed E-state index contributed by atoms with van der Waals surface area (Å²) in [7, 11) is 0. The maximum atomic E-state index is 12.8. The van der Waals surface area contributed by atoms with Gasteiger partial charge in [0.1, 0.15) is 0 Å². The second-order valence-electron chi connectivity index (χ2n) is 9.08. The van der Waals surface area contributed by atoms with Gasteiger partial charge in [-0.25, -0.2) is 0 Å². The highest BCUT2D eigenvalue weighted by molar-refractivity contribution is 5.83. The normalized spacial score (nSPS) is 23.9. The fourth-order valence-corrected chi connectivity index (χ4v) is 5.05. The van der Waals surface area contributed by atoms with E-state index in [1.807, 2.05) is 42.0 Å². The van der Waals surface area contributed by atoms with Gasteiger partial charge in [-0.3, -0.25) is 9.59 Å². The molecule has 2 N–H and O–H groups in total. The second kappa shape index (κ2) is 7.82. The highest BCUT2D eigenvalue weighted by Gasteiger charge is 2.54. The highest BCUT2D eigenvalue weighted by Crippen LogP contribution is 2.42. The number of benzene rings is 1. The van der Waals surface area contributed by atoms with Crippen LogP contribution in [0.3, 0.4) is 0 Å². The number of aromatic amines is 1. The van der Waals surface area contributed by atoms with Crippen molar-refractivity contribution < 1.29 is 14.7 Å². The van der Waals surface area contributed by atoms with E-state index in [2.05, 4.69) is 17.1 Å². The smallest absolute Gasteiger partial charge is 0.225 e. The van der Waals surface area contributed by atoms with Crippen LogP contribution in [-0.4, -0.2) is 64.5 Å². The van der Waals surface area contributed by atoms with Crippen LogP contribution in [0.2, 0.25) is 0 Å². The molecular weight excluding hydrogens is 366 g/mol. The van der Waals surface area contributed by atoms with E-state index in [-0.39, 0.29) is 35.7 Å². The monoisotopic (exact) mass is 397 g/mol. The van der Waals surface area contributed by atoms with E-state index >= 15 is 0 Å². The van der Waals surface area contributed by atoms with E-state index in [0.717, 1.165) is 18.4 Å². The van der Waals surface area contributed by atoms with Crippen molar-refractivity contribution in [1.82, 2.24) is 14.8 Å². The Morgan fingerprint density at radius 2 is 1.93 bits per heavy atom. The maximum Gasteiger partial charge on any atom is 0.225 e. The van der Waals surface area contributed by atoms with Gasteiger partial charge in [0, 0.05) is 67.0 Å². The lowest BCUT2D eigenvalue weighted by Crippen LogP contribution is -2.41. The van der Waals surface area contributed by atoms with Crippen LogP contribution in [0.5, 0.6) is 0 Å². The lowest BCUT2D eigenvalue weighted by molar-refractivity contribution is -0.134. The Bertz CT molecular complexity index is 906. The summed E-state index contributed by atoms with van der Waals surface area (Å²) < 4.78 is 0. The molecule has 1 aromatic carbocycles. The molecule has 6 nitrogen and oxygen atoms in total. The molecule has 2 fully saturated rings. The third-order valence-electron chi connectivity index (χ3n) is 6.74. The number of carbonyl (C=O) groups excluding carboxylic acids is 2. The fraction of sp³-hybridized carbons (Fsp3) is 0.565. The average molecular weight is 398 g/mol. The van der Waals surface area contributed by atoms with Gasteiger partial charge in [0.2, 0.25) is 11.8 Å². The van der Waals surface area contributed by atoms with Crippen LogP contribution in [0.25, 0.3) is 10.9 Å². The number of amides is 2. The van der Waals surface area contributed by atoms with Crippen molar-refractivity contribution in [2.24, 2.45) is 17.3 Å². The Balaban J connectivity index is 1.32. The summed E-state index contributed by atoms with van der Waals surface area (Å²) in [4.78, 5) is 32.2. The molecule has 2 saturated heterocycles.